The van der Waals surface area contributed by atoms with Crippen LogP contribution in [0.2, 0.25) is 0 Å². The standard InChI is InChI=1S/C28H29F3O7/c1-13-16-8-9-17-25-12-37-27(36,21(34)19(25)24(2,3)11-10-18(25)32)26(17,20(13)33)22(16)38-23(35)14-4-6-15(7-5-14)28(29,30)31/h4-7,16-17,19,21-22,34,36H,1,8-12H2,2-3H3/t16-,17-,19+,21-,22+,25+,26-,27+/m0/s1. The lowest BCUT2D eigenvalue weighted by molar-refractivity contribution is -0.436. The van der Waals surface area contributed by atoms with Crippen molar-refractivity contribution < 1.29 is 47.2 Å². The van der Waals surface area contributed by atoms with Gasteiger partial charge in [0.15, 0.2) is 5.78 Å². The lowest BCUT2D eigenvalue weighted by Crippen LogP contribution is -2.85. The van der Waals surface area contributed by atoms with E-state index in [2.05, 4.69) is 6.58 Å². The summed E-state index contributed by atoms with van der Waals surface area (Å²) < 4.78 is 50.8. The molecule has 0 aromatic heterocycles. The molecule has 1 aromatic carbocycles. The molecule has 4 aliphatic carbocycles. The van der Waals surface area contributed by atoms with Gasteiger partial charge in [0.2, 0.25) is 5.79 Å². The van der Waals surface area contributed by atoms with Crippen molar-refractivity contribution >= 4 is 17.5 Å². The van der Waals surface area contributed by atoms with Gasteiger partial charge in [-0.05, 0) is 60.4 Å². The van der Waals surface area contributed by atoms with Crippen LogP contribution in [-0.2, 0) is 25.2 Å². The first-order chi connectivity index (χ1) is 17.6. The number of hydrogen-bond acceptors (Lipinski definition) is 7. The minimum Gasteiger partial charge on any atom is -0.457 e. The van der Waals surface area contributed by atoms with Gasteiger partial charge in [0.1, 0.15) is 23.4 Å². The van der Waals surface area contributed by atoms with Crippen LogP contribution >= 0.6 is 0 Å². The van der Waals surface area contributed by atoms with Gasteiger partial charge in [0, 0.05) is 18.3 Å². The van der Waals surface area contributed by atoms with Crippen LogP contribution in [0.5, 0.6) is 0 Å². The highest BCUT2D eigenvalue weighted by molar-refractivity contribution is 6.06. The minimum absolute atomic E-state index is 0.116. The molecule has 7 rings (SSSR count). The number of ketones is 2. The van der Waals surface area contributed by atoms with Gasteiger partial charge in [0.25, 0.3) is 0 Å². The molecule has 38 heavy (non-hydrogen) atoms. The maximum atomic E-state index is 14.0. The third-order valence-electron chi connectivity index (χ3n) is 10.3. The second-order valence-corrected chi connectivity index (χ2v) is 12.2. The number of carbonyl (C=O) groups excluding carboxylic acids is 3. The third kappa shape index (κ3) is 2.78. The normalized spacial score (nSPS) is 43.0. The van der Waals surface area contributed by atoms with Gasteiger partial charge in [0.05, 0.1) is 23.1 Å². The Morgan fingerprint density at radius 1 is 1.16 bits per heavy atom. The summed E-state index contributed by atoms with van der Waals surface area (Å²) in [7, 11) is 0. The van der Waals surface area contributed by atoms with Gasteiger partial charge in [-0.15, -0.1) is 0 Å². The van der Waals surface area contributed by atoms with Crippen molar-refractivity contribution in [2.24, 2.45) is 34.0 Å². The number of halogens is 3. The minimum atomic E-state index is -4.59. The zero-order valence-corrected chi connectivity index (χ0v) is 21.0. The van der Waals surface area contributed by atoms with Crippen molar-refractivity contribution in [1.29, 1.82) is 0 Å². The molecule has 8 atom stereocenters. The van der Waals surface area contributed by atoms with Crippen LogP contribution in [0.15, 0.2) is 36.4 Å². The van der Waals surface area contributed by atoms with E-state index in [9.17, 15) is 37.8 Å². The Bertz CT molecular complexity index is 1270. The molecule has 2 N–H and O–H groups in total. The van der Waals surface area contributed by atoms with E-state index in [1.54, 1.807) is 0 Å². The summed E-state index contributed by atoms with van der Waals surface area (Å²) in [6, 6.07) is 3.48. The molecule has 0 radical (unpaired) electrons. The zero-order chi connectivity index (χ0) is 27.6. The number of aliphatic hydroxyl groups is 2. The van der Waals surface area contributed by atoms with E-state index < -0.39 is 75.5 Å². The Kier molecular flexibility index (Phi) is 5.10. The fourth-order valence-electron chi connectivity index (χ4n) is 8.74. The first-order valence-corrected chi connectivity index (χ1v) is 12.8. The molecule has 2 aliphatic heterocycles. The highest BCUT2D eigenvalue weighted by Crippen LogP contribution is 2.76. The van der Waals surface area contributed by atoms with Crippen LogP contribution in [0.25, 0.3) is 0 Å². The molecule has 10 heteroatoms. The zero-order valence-electron chi connectivity index (χ0n) is 21.0. The predicted octanol–water partition coefficient (Wildman–Crippen LogP) is 3.47. The first-order valence-electron chi connectivity index (χ1n) is 12.8. The number of alkyl halides is 3. The molecular weight excluding hydrogens is 505 g/mol. The van der Waals surface area contributed by atoms with Crippen molar-refractivity contribution in [3.63, 3.8) is 0 Å². The average molecular weight is 535 g/mol. The molecule has 6 aliphatic rings. The second-order valence-electron chi connectivity index (χ2n) is 12.2. The Balaban J connectivity index is 1.47. The summed E-state index contributed by atoms with van der Waals surface area (Å²) in [5, 5.41) is 23.8. The first kappa shape index (κ1) is 25.7. The van der Waals surface area contributed by atoms with Gasteiger partial charge in [-0.1, -0.05) is 20.4 Å². The molecule has 204 valence electrons. The van der Waals surface area contributed by atoms with E-state index in [1.807, 2.05) is 13.8 Å². The van der Waals surface area contributed by atoms with Crippen LogP contribution in [0.4, 0.5) is 13.2 Å². The van der Waals surface area contributed by atoms with Gasteiger partial charge in [-0.2, -0.15) is 13.2 Å². The quantitative estimate of drug-likeness (QED) is 0.442. The van der Waals surface area contributed by atoms with Crippen molar-refractivity contribution in [2.75, 3.05) is 6.61 Å². The van der Waals surface area contributed by atoms with E-state index in [4.69, 9.17) is 9.47 Å². The van der Waals surface area contributed by atoms with Gasteiger partial charge in [-0.3, -0.25) is 9.59 Å². The molecule has 4 bridgehead atoms. The third-order valence-corrected chi connectivity index (χ3v) is 10.3. The number of carbonyl (C=O) groups is 3. The van der Waals surface area contributed by atoms with E-state index in [0.29, 0.717) is 19.3 Å². The summed E-state index contributed by atoms with van der Waals surface area (Å²) in [5.74, 6) is -6.34. The molecule has 2 spiro atoms. The summed E-state index contributed by atoms with van der Waals surface area (Å²) in [4.78, 5) is 41.0. The maximum absolute atomic E-state index is 14.0. The van der Waals surface area contributed by atoms with Crippen molar-refractivity contribution in [3.8, 4) is 0 Å². The van der Waals surface area contributed by atoms with Gasteiger partial charge in [-0.25, -0.2) is 4.79 Å². The Morgan fingerprint density at radius 2 is 1.82 bits per heavy atom. The molecule has 7 nitrogen and oxygen atoms in total. The predicted molar refractivity (Wildman–Crippen MR) is 124 cm³/mol. The average Bonchev–Trinajstić information content (AvgIpc) is 2.97. The van der Waals surface area contributed by atoms with Crippen molar-refractivity contribution in [2.45, 2.75) is 63.7 Å². The fraction of sp³-hybridized carbons (Fsp3) is 0.607. The lowest BCUT2D eigenvalue weighted by atomic mass is 9.36. The number of aliphatic hydroxyl groups excluding tert-OH is 1. The van der Waals surface area contributed by atoms with E-state index in [1.165, 1.54) is 0 Å². The monoisotopic (exact) mass is 534 g/mol. The lowest BCUT2D eigenvalue weighted by Gasteiger charge is -2.72. The molecule has 0 amide bonds. The molecular formula is C28H29F3O7. The summed E-state index contributed by atoms with van der Waals surface area (Å²) in [5.41, 5.74) is -4.77. The largest absolute Gasteiger partial charge is 0.457 e. The maximum Gasteiger partial charge on any atom is 0.416 e. The van der Waals surface area contributed by atoms with Crippen LogP contribution in [0, 0.1) is 34.0 Å². The molecule has 2 saturated heterocycles. The molecule has 4 saturated carbocycles. The summed E-state index contributed by atoms with van der Waals surface area (Å²) in [6.45, 7) is 7.61. The van der Waals surface area contributed by atoms with Crippen LogP contribution in [-0.4, -0.2) is 52.4 Å². The highest BCUT2D eigenvalue weighted by Gasteiger charge is 2.88. The Labute approximate surface area is 217 Å². The van der Waals surface area contributed by atoms with E-state index >= 15 is 0 Å². The molecule has 6 fully saturated rings. The number of benzene rings is 1. The van der Waals surface area contributed by atoms with Gasteiger partial charge >= 0.3 is 12.1 Å². The van der Waals surface area contributed by atoms with E-state index in [-0.39, 0.29) is 29.9 Å². The Morgan fingerprint density at radius 3 is 2.45 bits per heavy atom. The number of hydrogen-bond donors (Lipinski definition) is 2. The number of ether oxygens (including phenoxy) is 2. The van der Waals surface area contributed by atoms with Gasteiger partial charge < -0.3 is 19.7 Å². The number of Topliss-reactive ketones (excluding diaryl/α,β-unsaturated/α-hetero) is 2. The topological polar surface area (TPSA) is 110 Å². The van der Waals surface area contributed by atoms with Crippen LogP contribution in [0.1, 0.15) is 55.5 Å². The van der Waals surface area contributed by atoms with E-state index in [0.717, 1.165) is 24.3 Å². The summed E-state index contributed by atoms with van der Waals surface area (Å²) >= 11 is 0. The molecule has 1 aromatic rings. The Hall–Kier alpha value is -2.56. The number of rotatable bonds is 2. The van der Waals surface area contributed by atoms with Crippen molar-refractivity contribution in [3.05, 3.63) is 47.5 Å². The second kappa shape index (κ2) is 7.55. The number of fused-ring (bicyclic) bond motifs is 2. The number of esters is 1. The highest BCUT2D eigenvalue weighted by atomic mass is 19.4. The summed E-state index contributed by atoms with van der Waals surface area (Å²) in [6.07, 6.45) is -6.08. The fourth-order valence-corrected chi connectivity index (χ4v) is 8.74. The smallest absolute Gasteiger partial charge is 0.416 e. The van der Waals surface area contributed by atoms with Crippen LogP contribution < -0.4 is 0 Å². The molecule has 0 unspecified atom stereocenters. The SMILES string of the molecule is C=C1C(=O)[C@]23[C@H](OC(=O)c4ccc(C(F)(F)F)cc4)[C@H]1CC[C@H]2[C@@]12CO[C@]3(O)[C@@H](O)[C@@H]1C(C)(C)CCC2=O. The van der Waals surface area contributed by atoms with Crippen LogP contribution in [0.3, 0.4) is 0 Å². The molecule has 2 heterocycles. The van der Waals surface area contributed by atoms with Crippen molar-refractivity contribution in [1.82, 2.24) is 0 Å².